The highest BCUT2D eigenvalue weighted by Crippen LogP contribution is 2.11. The van der Waals surface area contributed by atoms with Crippen LogP contribution in [-0.2, 0) is 28.6 Å². The maximum absolute atomic E-state index is 12.7. The van der Waals surface area contributed by atoms with E-state index < -0.39 is 6.10 Å². The molecule has 0 heterocycles. The number of rotatable bonds is 35. The van der Waals surface area contributed by atoms with E-state index in [1.807, 2.05) is 54.7 Å². The highest BCUT2D eigenvalue weighted by molar-refractivity contribution is 5.71. The topological polar surface area (TPSA) is 78.9 Å². The Morgan fingerprint density at radius 2 is 0.833 bits per heavy atom. The molecule has 6 nitrogen and oxygen atoms in total. The molecule has 0 aliphatic carbocycles. The summed E-state index contributed by atoms with van der Waals surface area (Å²) in [4.78, 5) is 37.6. The lowest BCUT2D eigenvalue weighted by molar-refractivity contribution is -0.167. The third-order valence-corrected chi connectivity index (χ3v) is 8.12. The summed E-state index contributed by atoms with van der Waals surface area (Å²) in [6.45, 7) is 6.18. The summed E-state index contributed by atoms with van der Waals surface area (Å²) in [5.41, 5.74) is 0. The molecule has 0 saturated heterocycles. The van der Waals surface area contributed by atoms with Crippen molar-refractivity contribution in [3.63, 3.8) is 0 Å². The second kappa shape index (κ2) is 41.8. The SMILES string of the molecule is CC\C=C/C=C\C=C/C=C\C=C/CCCC(=O)OCC(COC(=O)CCC/C=C\C/C=C\C/C=C\CC)OC(=O)CCCCCCC/C=C\CCCCC. The van der Waals surface area contributed by atoms with Gasteiger partial charge in [-0.25, -0.2) is 0 Å². The second-order valence-electron chi connectivity index (χ2n) is 13.2. The fraction of sp³-hybridized carbons (Fsp3) is 0.562. The van der Waals surface area contributed by atoms with E-state index in [2.05, 4.69) is 75.5 Å². The number of esters is 3. The smallest absolute Gasteiger partial charge is 0.306 e. The predicted octanol–water partition coefficient (Wildman–Crippen LogP) is 13.2. The van der Waals surface area contributed by atoms with Gasteiger partial charge in [0.25, 0.3) is 0 Å². The summed E-state index contributed by atoms with van der Waals surface area (Å²) in [5, 5.41) is 0. The maximum Gasteiger partial charge on any atom is 0.306 e. The molecule has 1 unspecified atom stereocenters. The molecule has 0 fully saturated rings. The Hall–Kier alpha value is -3.93. The van der Waals surface area contributed by atoms with Crippen LogP contribution >= 0.6 is 0 Å². The van der Waals surface area contributed by atoms with Crippen LogP contribution in [0.5, 0.6) is 0 Å². The summed E-state index contributed by atoms with van der Waals surface area (Å²) >= 11 is 0. The van der Waals surface area contributed by atoms with E-state index in [-0.39, 0.29) is 50.4 Å². The minimum Gasteiger partial charge on any atom is -0.462 e. The van der Waals surface area contributed by atoms with Crippen molar-refractivity contribution < 1.29 is 28.6 Å². The zero-order chi connectivity index (χ0) is 39.4. The third kappa shape index (κ3) is 39.3. The average molecular weight is 747 g/mol. The van der Waals surface area contributed by atoms with Crippen molar-refractivity contribution >= 4 is 17.9 Å². The molecule has 0 aliphatic rings. The molecular weight excluding hydrogens is 673 g/mol. The van der Waals surface area contributed by atoms with Gasteiger partial charge in [-0.1, -0.05) is 162 Å². The van der Waals surface area contributed by atoms with E-state index in [0.29, 0.717) is 12.8 Å². The minimum absolute atomic E-state index is 0.133. The maximum atomic E-state index is 12.7. The highest BCUT2D eigenvalue weighted by Gasteiger charge is 2.19. The first-order valence-corrected chi connectivity index (χ1v) is 21.0. The number of hydrogen-bond acceptors (Lipinski definition) is 6. The van der Waals surface area contributed by atoms with Gasteiger partial charge in [-0.2, -0.15) is 0 Å². The molecule has 0 aromatic carbocycles. The van der Waals surface area contributed by atoms with E-state index in [1.165, 1.54) is 32.1 Å². The number of carbonyl (C=O) groups is 3. The van der Waals surface area contributed by atoms with Crippen LogP contribution in [0.3, 0.4) is 0 Å². The van der Waals surface area contributed by atoms with Gasteiger partial charge in [0.1, 0.15) is 13.2 Å². The van der Waals surface area contributed by atoms with Crippen LogP contribution in [0.15, 0.2) is 109 Å². The Morgan fingerprint density at radius 1 is 0.407 bits per heavy atom. The molecule has 0 N–H and O–H groups in total. The Kier molecular flexibility index (Phi) is 38.8. The molecule has 6 heteroatoms. The Labute approximate surface area is 330 Å². The molecule has 54 heavy (non-hydrogen) atoms. The second-order valence-corrected chi connectivity index (χ2v) is 13.2. The van der Waals surface area contributed by atoms with Crippen molar-refractivity contribution in [2.45, 2.75) is 162 Å². The number of allylic oxidation sites excluding steroid dienone is 18. The first kappa shape index (κ1) is 50.1. The number of carbonyl (C=O) groups excluding carboxylic acids is 3. The van der Waals surface area contributed by atoms with E-state index in [1.54, 1.807) is 0 Å². The zero-order valence-corrected chi connectivity index (χ0v) is 34.2. The van der Waals surface area contributed by atoms with E-state index in [4.69, 9.17) is 14.2 Å². The van der Waals surface area contributed by atoms with Crippen LogP contribution in [0, 0.1) is 0 Å². The van der Waals surface area contributed by atoms with Crippen LogP contribution in [0.25, 0.3) is 0 Å². The Balaban J connectivity index is 4.61. The van der Waals surface area contributed by atoms with Gasteiger partial charge in [0, 0.05) is 19.3 Å². The van der Waals surface area contributed by atoms with Gasteiger partial charge >= 0.3 is 17.9 Å². The predicted molar refractivity (Wildman–Crippen MR) is 228 cm³/mol. The van der Waals surface area contributed by atoms with Gasteiger partial charge in [0.15, 0.2) is 6.10 Å². The molecule has 0 aromatic rings. The lowest BCUT2D eigenvalue weighted by Gasteiger charge is -2.18. The summed E-state index contributed by atoms with van der Waals surface area (Å²) in [6, 6.07) is 0. The van der Waals surface area contributed by atoms with Crippen molar-refractivity contribution in [3.05, 3.63) is 109 Å². The molecule has 1 atom stereocenters. The summed E-state index contributed by atoms with van der Waals surface area (Å²) < 4.78 is 16.5. The molecule has 0 aliphatic heterocycles. The van der Waals surface area contributed by atoms with Crippen molar-refractivity contribution in [2.75, 3.05) is 13.2 Å². The van der Waals surface area contributed by atoms with Gasteiger partial charge in [-0.3, -0.25) is 14.4 Å². The lowest BCUT2D eigenvalue weighted by atomic mass is 10.1. The molecule has 0 spiro atoms. The van der Waals surface area contributed by atoms with Crippen LogP contribution < -0.4 is 0 Å². The summed E-state index contributed by atoms with van der Waals surface area (Å²) in [5.74, 6) is -1.08. The summed E-state index contributed by atoms with van der Waals surface area (Å²) in [6.07, 6.45) is 55.2. The van der Waals surface area contributed by atoms with Crippen molar-refractivity contribution in [1.29, 1.82) is 0 Å². The number of unbranched alkanes of at least 4 members (excludes halogenated alkanes) is 10. The van der Waals surface area contributed by atoms with Crippen LogP contribution in [0.4, 0.5) is 0 Å². The molecule has 0 amide bonds. The minimum atomic E-state index is -0.830. The lowest BCUT2D eigenvalue weighted by Crippen LogP contribution is -2.30. The quantitative estimate of drug-likeness (QED) is 0.0211. The molecule has 0 saturated carbocycles. The average Bonchev–Trinajstić information content (AvgIpc) is 3.17. The highest BCUT2D eigenvalue weighted by atomic mass is 16.6. The zero-order valence-electron chi connectivity index (χ0n) is 34.2. The first-order chi connectivity index (χ1) is 26.5. The molecule has 0 radical (unpaired) electrons. The largest absolute Gasteiger partial charge is 0.462 e. The van der Waals surface area contributed by atoms with Crippen LogP contribution in [-0.4, -0.2) is 37.2 Å². The van der Waals surface area contributed by atoms with Crippen molar-refractivity contribution in [3.8, 4) is 0 Å². The van der Waals surface area contributed by atoms with Gasteiger partial charge in [0.05, 0.1) is 0 Å². The van der Waals surface area contributed by atoms with Crippen molar-refractivity contribution in [1.82, 2.24) is 0 Å². The monoisotopic (exact) mass is 747 g/mol. The number of ether oxygens (including phenoxy) is 3. The van der Waals surface area contributed by atoms with E-state index in [0.717, 1.165) is 70.6 Å². The molecule has 0 rings (SSSR count). The van der Waals surface area contributed by atoms with Gasteiger partial charge in [-0.05, 0) is 83.5 Å². The third-order valence-electron chi connectivity index (χ3n) is 8.12. The van der Waals surface area contributed by atoms with Crippen LogP contribution in [0.1, 0.15) is 156 Å². The Morgan fingerprint density at radius 3 is 1.43 bits per heavy atom. The van der Waals surface area contributed by atoms with Gasteiger partial charge in [-0.15, -0.1) is 0 Å². The molecule has 0 aromatic heterocycles. The fourth-order valence-corrected chi connectivity index (χ4v) is 5.02. The van der Waals surface area contributed by atoms with Gasteiger partial charge < -0.3 is 14.2 Å². The molecule has 302 valence electrons. The fourth-order valence-electron chi connectivity index (χ4n) is 5.02. The first-order valence-electron chi connectivity index (χ1n) is 21.0. The standard InChI is InChI=1S/C48H74O6/c1-4-7-10-13-16-19-22-24-27-29-32-35-38-41-47(50)53-44-45(43-52-46(49)40-37-34-31-28-25-21-18-15-12-9-6-3)54-48(51)42-39-36-33-30-26-23-20-17-14-11-8-5-2/h7,9-10,12-13,16-22,24,27-29,31-32,45H,4-6,8,11,14-15,23,25-26,30,33-44H2,1-3H3/b10-7-,12-9-,16-13-,20-17-,21-18-,22-19-,27-24-,31-28-,32-29-. The van der Waals surface area contributed by atoms with Gasteiger partial charge in [0.2, 0.25) is 0 Å². The van der Waals surface area contributed by atoms with E-state index in [9.17, 15) is 14.4 Å². The summed E-state index contributed by atoms with van der Waals surface area (Å²) in [7, 11) is 0. The Bertz CT molecular complexity index is 1180. The normalized spacial score (nSPS) is 13.2. The molecule has 0 bridgehead atoms. The number of hydrogen-bond donors (Lipinski definition) is 0. The van der Waals surface area contributed by atoms with E-state index >= 15 is 0 Å². The van der Waals surface area contributed by atoms with Crippen LogP contribution in [0.2, 0.25) is 0 Å². The molecular formula is C48H74O6. The van der Waals surface area contributed by atoms with Crippen molar-refractivity contribution in [2.24, 2.45) is 0 Å².